The number of methoxy groups -OCH3 is 1. The fraction of sp³-hybridized carbons (Fsp3) is 0.368. The topological polar surface area (TPSA) is 90.9 Å². The minimum absolute atomic E-state index is 0.0337. The van der Waals surface area contributed by atoms with Gasteiger partial charge in [-0.1, -0.05) is 85.3 Å². The molecular weight excluding hydrogens is 598 g/mol. The quantitative estimate of drug-likeness (QED) is 0.149. The van der Waals surface area contributed by atoms with Crippen molar-refractivity contribution in [3.63, 3.8) is 0 Å². The van der Waals surface area contributed by atoms with Crippen molar-refractivity contribution < 1.29 is 19.4 Å². The van der Waals surface area contributed by atoms with Crippen molar-refractivity contribution >= 4 is 34.4 Å². The molecule has 1 aliphatic heterocycles. The summed E-state index contributed by atoms with van der Waals surface area (Å²) in [5, 5.41) is 21.4. The number of fused-ring (bicyclic) bond motifs is 1. The maximum Gasteiger partial charge on any atom is 0.406 e. The van der Waals surface area contributed by atoms with Crippen LogP contribution in [0.2, 0.25) is 5.02 Å². The summed E-state index contributed by atoms with van der Waals surface area (Å²) >= 11 is 6.92. The molecule has 0 aromatic heterocycles. The van der Waals surface area contributed by atoms with Gasteiger partial charge in [0, 0.05) is 48.2 Å². The molecular formula is C38H44ClN3O4. The number of piperidine rings is 1. The highest BCUT2D eigenvalue weighted by Crippen LogP contribution is 2.46. The van der Waals surface area contributed by atoms with Crippen LogP contribution in [0.15, 0.2) is 78.9 Å². The van der Waals surface area contributed by atoms with E-state index in [0.29, 0.717) is 49.6 Å². The van der Waals surface area contributed by atoms with Gasteiger partial charge in [0.1, 0.15) is 0 Å². The van der Waals surface area contributed by atoms with E-state index in [1.165, 1.54) is 12.7 Å². The average Bonchev–Trinajstić information content (AvgIpc) is 3.09. The number of amides is 2. The number of likely N-dealkylation sites (tertiary alicyclic amines) is 1. The Morgan fingerprint density at radius 3 is 2.59 bits per heavy atom. The van der Waals surface area contributed by atoms with Crippen molar-refractivity contribution in [3.8, 4) is 11.1 Å². The van der Waals surface area contributed by atoms with Gasteiger partial charge in [-0.3, -0.25) is 4.79 Å². The molecule has 0 unspecified atom stereocenters. The SMILES string of the molecule is CCc1cccc(-c2c(Cl)cccc2[C@](O)(CCCNC(=O)OC)[C@@H]2CCCN(C(=O)c3ccc(CNC)c4ccccc34)C2)c1. The van der Waals surface area contributed by atoms with E-state index in [-0.39, 0.29) is 11.8 Å². The Morgan fingerprint density at radius 2 is 1.83 bits per heavy atom. The van der Waals surface area contributed by atoms with E-state index < -0.39 is 11.7 Å². The molecule has 0 saturated carbocycles. The van der Waals surface area contributed by atoms with Gasteiger partial charge in [0.05, 0.1) is 12.7 Å². The number of halogens is 1. The molecule has 46 heavy (non-hydrogen) atoms. The van der Waals surface area contributed by atoms with E-state index >= 15 is 0 Å². The van der Waals surface area contributed by atoms with Gasteiger partial charge in [-0.15, -0.1) is 0 Å². The maximum absolute atomic E-state index is 14.2. The molecule has 0 spiro atoms. The Bertz CT molecular complexity index is 1690. The second-order valence-electron chi connectivity index (χ2n) is 12.1. The standard InChI is InChI=1S/C38H44ClN3O4/c1-4-26-11-7-12-27(23-26)35-33(16-8-17-34(35)39)38(45,20-10-21-41-37(44)46-3)29-13-9-22-42(25-29)36(43)32-19-18-28(24-40-2)30-14-5-6-15-31(30)32/h5-8,11-12,14-19,23,29,40,45H,4,9-10,13,20-22,24-25H2,1-3H3,(H,41,44)/t29-,38+/m1/s1. The third kappa shape index (κ3) is 7.07. The number of rotatable bonds is 11. The fourth-order valence-corrected chi connectivity index (χ4v) is 7.20. The number of nitrogens with zero attached hydrogens (tertiary/aromatic N) is 1. The summed E-state index contributed by atoms with van der Waals surface area (Å²) in [6.45, 7) is 4.18. The highest BCUT2D eigenvalue weighted by atomic mass is 35.5. The van der Waals surface area contributed by atoms with Gasteiger partial charge in [-0.25, -0.2) is 4.79 Å². The number of hydrogen-bond acceptors (Lipinski definition) is 5. The Hall–Kier alpha value is -3.91. The summed E-state index contributed by atoms with van der Waals surface area (Å²) < 4.78 is 4.75. The van der Waals surface area contributed by atoms with Crippen molar-refractivity contribution in [2.45, 2.75) is 51.2 Å². The lowest BCUT2D eigenvalue weighted by atomic mass is 9.72. The first-order valence-electron chi connectivity index (χ1n) is 16.2. The van der Waals surface area contributed by atoms with E-state index in [0.717, 1.165) is 52.3 Å². The first-order chi connectivity index (χ1) is 22.3. The second kappa shape index (κ2) is 15.1. The lowest BCUT2D eigenvalue weighted by Crippen LogP contribution is -2.48. The van der Waals surface area contributed by atoms with Crippen LogP contribution in [-0.2, 0) is 23.3 Å². The summed E-state index contributed by atoms with van der Waals surface area (Å²) in [7, 11) is 3.25. The van der Waals surface area contributed by atoms with Crippen LogP contribution in [0.5, 0.6) is 0 Å². The van der Waals surface area contributed by atoms with Gasteiger partial charge in [-0.2, -0.15) is 0 Å². The minimum Gasteiger partial charge on any atom is -0.453 e. The third-order valence-corrected chi connectivity index (χ3v) is 9.60. The molecule has 0 aliphatic carbocycles. The molecule has 4 aromatic carbocycles. The van der Waals surface area contributed by atoms with Crippen LogP contribution >= 0.6 is 11.6 Å². The van der Waals surface area contributed by atoms with Gasteiger partial charge in [-0.05, 0) is 84.3 Å². The Kier molecular flexibility index (Phi) is 11.0. The average molecular weight is 642 g/mol. The maximum atomic E-state index is 14.2. The first kappa shape index (κ1) is 33.5. The number of benzene rings is 4. The summed E-state index contributed by atoms with van der Waals surface area (Å²) in [5.74, 6) is -0.293. The summed E-state index contributed by atoms with van der Waals surface area (Å²) in [4.78, 5) is 27.9. The second-order valence-corrected chi connectivity index (χ2v) is 12.5. The molecule has 0 bridgehead atoms. The van der Waals surface area contributed by atoms with E-state index in [4.69, 9.17) is 16.3 Å². The molecule has 2 atom stereocenters. The predicted molar refractivity (Wildman–Crippen MR) is 185 cm³/mol. The molecule has 1 saturated heterocycles. The molecule has 0 radical (unpaired) electrons. The zero-order valence-corrected chi connectivity index (χ0v) is 27.7. The highest BCUT2D eigenvalue weighted by molar-refractivity contribution is 6.33. The van der Waals surface area contributed by atoms with Crippen LogP contribution in [0.25, 0.3) is 21.9 Å². The van der Waals surface area contributed by atoms with Crippen LogP contribution in [-0.4, -0.2) is 55.8 Å². The molecule has 1 aliphatic rings. The lowest BCUT2D eigenvalue weighted by molar-refractivity contribution is -0.0563. The predicted octanol–water partition coefficient (Wildman–Crippen LogP) is 7.32. The monoisotopic (exact) mass is 641 g/mol. The Balaban J connectivity index is 1.52. The minimum atomic E-state index is -1.32. The number of carbonyl (C=O) groups is 2. The van der Waals surface area contributed by atoms with E-state index in [1.54, 1.807) is 0 Å². The number of nitrogens with one attached hydrogen (secondary N) is 2. The van der Waals surface area contributed by atoms with Crippen molar-refractivity contribution in [3.05, 3.63) is 106 Å². The number of aliphatic hydroxyl groups is 1. The fourth-order valence-electron chi connectivity index (χ4n) is 6.92. The van der Waals surface area contributed by atoms with Gasteiger partial charge in [0.15, 0.2) is 0 Å². The van der Waals surface area contributed by atoms with Crippen molar-refractivity contribution in [1.29, 1.82) is 0 Å². The number of aryl methyl sites for hydroxylation is 1. The number of hydrogen-bond donors (Lipinski definition) is 3. The number of carbonyl (C=O) groups excluding carboxylic acids is 2. The molecule has 3 N–H and O–H groups in total. The van der Waals surface area contributed by atoms with E-state index in [9.17, 15) is 14.7 Å². The molecule has 7 nitrogen and oxygen atoms in total. The first-order valence-corrected chi connectivity index (χ1v) is 16.6. The Morgan fingerprint density at radius 1 is 1.04 bits per heavy atom. The van der Waals surface area contributed by atoms with Crippen LogP contribution < -0.4 is 10.6 Å². The zero-order chi connectivity index (χ0) is 32.7. The Labute approximate surface area is 276 Å². The smallest absolute Gasteiger partial charge is 0.406 e. The molecule has 5 rings (SSSR count). The van der Waals surface area contributed by atoms with Gasteiger partial charge >= 0.3 is 6.09 Å². The number of alkyl carbamates (subject to hydrolysis) is 1. The van der Waals surface area contributed by atoms with Crippen molar-refractivity contribution in [2.75, 3.05) is 33.8 Å². The van der Waals surface area contributed by atoms with Crippen molar-refractivity contribution in [2.24, 2.45) is 5.92 Å². The molecule has 1 heterocycles. The van der Waals surface area contributed by atoms with Gasteiger partial charge in [0.25, 0.3) is 5.91 Å². The van der Waals surface area contributed by atoms with E-state index in [2.05, 4.69) is 35.8 Å². The van der Waals surface area contributed by atoms with Crippen LogP contribution in [0.4, 0.5) is 4.79 Å². The largest absolute Gasteiger partial charge is 0.453 e. The summed E-state index contributed by atoms with van der Waals surface area (Å²) in [6.07, 6.45) is 2.75. The van der Waals surface area contributed by atoms with Crippen LogP contribution in [0, 0.1) is 5.92 Å². The molecule has 242 valence electrons. The summed E-state index contributed by atoms with van der Waals surface area (Å²) in [6, 6.07) is 26.0. The number of ether oxygens (including phenoxy) is 1. The van der Waals surface area contributed by atoms with Gasteiger partial charge < -0.3 is 25.4 Å². The lowest BCUT2D eigenvalue weighted by Gasteiger charge is -2.44. The summed E-state index contributed by atoms with van der Waals surface area (Å²) in [5.41, 5.74) is 4.16. The third-order valence-electron chi connectivity index (χ3n) is 9.29. The van der Waals surface area contributed by atoms with Gasteiger partial charge in [0.2, 0.25) is 0 Å². The molecule has 4 aromatic rings. The molecule has 1 fully saturated rings. The van der Waals surface area contributed by atoms with Crippen LogP contribution in [0.3, 0.4) is 0 Å². The highest BCUT2D eigenvalue weighted by Gasteiger charge is 2.43. The molecule has 8 heteroatoms. The zero-order valence-electron chi connectivity index (χ0n) is 26.9. The van der Waals surface area contributed by atoms with Crippen LogP contribution in [0.1, 0.15) is 59.7 Å². The van der Waals surface area contributed by atoms with E-state index in [1.807, 2.05) is 72.6 Å². The van der Waals surface area contributed by atoms with Crippen molar-refractivity contribution in [1.82, 2.24) is 15.5 Å². The molecule has 2 amide bonds. The normalized spacial score (nSPS) is 16.2.